The fourth-order valence-corrected chi connectivity index (χ4v) is 5.05. The summed E-state index contributed by atoms with van der Waals surface area (Å²) in [5, 5.41) is 10.8. The average Bonchev–Trinajstić information content (AvgIpc) is 3.05. The molecule has 1 saturated heterocycles. The molecule has 5 rings (SSSR count). The van der Waals surface area contributed by atoms with Crippen LogP contribution < -0.4 is 9.47 Å². The molecule has 0 aromatic heterocycles. The monoisotopic (exact) mass is 570 g/mol. The summed E-state index contributed by atoms with van der Waals surface area (Å²) in [7, 11) is 1.62. The Balaban J connectivity index is 1.39. The molecule has 42 heavy (non-hydrogen) atoms. The molecule has 1 fully saturated rings. The summed E-state index contributed by atoms with van der Waals surface area (Å²) in [5.41, 5.74) is 3.09. The molecule has 220 valence electrons. The highest BCUT2D eigenvalue weighted by Crippen LogP contribution is 2.34. The van der Waals surface area contributed by atoms with Crippen LogP contribution in [0.3, 0.4) is 0 Å². The standard InChI is InChI=1S/C35H38O7/c1-37-29-17-19-30(20-18-29)41-35-34(40-24-28-15-9-4-10-16-28)31(21-36)33(39-23-27-13-7-3-8-14-27)32(42-35)25-38-22-26-11-5-2-6-12-26/h2-20,31-36H,21-25H2,1H3/t31-,32-,33-,34-,35-/m1/s1. The first kappa shape index (κ1) is 29.8. The Kier molecular flexibility index (Phi) is 11.0. The Morgan fingerprint density at radius 3 is 1.64 bits per heavy atom. The second-order valence-corrected chi connectivity index (χ2v) is 10.2. The molecule has 1 heterocycles. The Morgan fingerprint density at radius 1 is 0.619 bits per heavy atom. The Hall–Kier alpha value is -3.72. The Bertz CT molecular complexity index is 1300. The van der Waals surface area contributed by atoms with Crippen LogP contribution >= 0.6 is 0 Å². The molecule has 0 bridgehead atoms. The molecule has 0 amide bonds. The summed E-state index contributed by atoms with van der Waals surface area (Å²) in [4.78, 5) is 0. The van der Waals surface area contributed by atoms with Crippen molar-refractivity contribution in [3.63, 3.8) is 0 Å². The van der Waals surface area contributed by atoms with Gasteiger partial charge in [0, 0.05) is 5.92 Å². The number of ether oxygens (including phenoxy) is 6. The number of aliphatic hydroxyl groups excluding tert-OH is 1. The SMILES string of the molecule is COc1ccc(O[C@@H]2O[C@H](COCc3ccccc3)[C@H](OCc3ccccc3)[C@@H](CO)[C@H]2OCc2ccccc2)cc1. The van der Waals surface area contributed by atoms with Gasteiger partial charge in [-0.1, -0.05) is 91.0 Å². The molecule has 7 heteroatoms. The molecule has 7 nitrogen and oxygen atoms in total. The van der Waals surface area contributed by atoms with Gasteiger partial charge >= 0.3 is 0 Å². The Labute approximate surface area is 247 Å². The van der Waals surface area contributed by atoms with Gasteiger partial charge in [0.05, 0.1) is 46.2 Å². The van der Waals surface area contributed by atoms with Crippen LogP contribution in [-0.4, -0.2) is 50.0 Å². The van der Waals surface area contributed by atoms with Gasteiger partial charge in [0.2, 0.25) is 6.29 Å². The minimum Gasteiger partial charge on any atom is -0.497 e. The number of hydrogen-bond acceptors (Lipinski definition) is 7. The van der Waals surface area contributed by atoms with Crippen LogP contribution in [0.4, 0.5) is 0 Å². The van der Waals surface area contributed by atoms with Crippen molar-refractivity contribution in [3.05, 3.63) is 132 Å². The second kappa shape index (κ2) is 15.5. The third-order valence-electron chi connectivity index (χ3n) is 7.27. The van der Waals surface area contributed by atoms with Gasteiger partial charge in [0.1, 0.15) is 23.7 Å². The zero-order valence-electron chi connectivity index (χ0n) is 23.8. The maximum absolute atomic E-state index is 10.8. The van der Waals surface area contributed by atoms with E-state index >= 15 is 0 Å². The summed E-state index contributed by atoms with van der Waals surface area (Å²) in [6.07, 6.45) is -2.47. The first-order valence-electron chi connectivity index (χ1n) is 14.2. The van der Waals surface area contributed by atoms with Crippen molar-refractivity contribution in [2.45, 2.75) is 44.4 Å². The zero-order valence-corrected chi connectivity index (χ0v) is 23.8. The van der Waals surface area contributed by atoms with Crippen LogP contribution in [0.5, 0.6) is 11.5 Å². The van der Waals surface area contributed by atoms with Crippen molar-refractivity contribution in [2.75, 3.05) is 20.3 Å². The van der Waals surface area contributed by atoms with Crippen LogP contribution in [0.15, 0.2) is 115 Å². The van der Waals surface area contributed by atoms with Crippen LogP contribution in [0, 0.1) is 5.92 Å². The summed E-state index contributed by atoms with van der Waals surface area (Å²) < 4.78 is 37.3. The number of aliphatic hydroxyl groups is 1. The average molecular weight is 571 g/mol. The lowest BCUT2D eigenvalue weighted by Gasteiger charge is -2.45. The van der Waals surface area contributed by atoms with E-state index in [0.717, 1.165) is 22.4 Å². The lowest BCUT2D eigenvalue weighted by Crippen LogP contribution is -2.60. The molecule has 0 spiro atoms. The zero-order chi connectivity index (χ0) is 29.0. The van der Waals surface area contributed by atoms with Gasteiger partial charge in [-0.3, -0.25) is 0 Å². The first-order chi connectivity index (χ1) is 20.7. The summed E-state index contributed by atoms with van der Waals surface area (Å²) in [5.74, 6) is 0.872. The van der Waals surface area contributed by atoms with Gasteiger partial charge < -0.3 is 33.5 Å². The van der Waals surface area contributed by atoms with E-state index in [1.807, 2.05) is 115 Å². The quantitative estimate of drug-likeness (QED) is 0.206. The molecule has 0 unspecified atom stereocenters. The minimum absolute atomic E-state index is 0.181. The molecule has 1 aliphatic heterocycles. The molecule has 1 aliphatic rings. The lowest BCUT2D eigenvalue weighted by atomic mass is 9.89. The van der Waals surface area contributed by atoms with E-state index < -0.39 is 30.5 Å². The predicted molar refractivity (Wildman–Crippen MR) is 159 cm³/mol. The van der Waals surface area contributed by atoms with Gasteiger partial charge in [-0.25, -0.2) is 0 Å². The summed E-state index contributed by atoms with van der Waals surface area (Å²) >= 11 is 0. The number of hydrogen-bond donors (Lipinski definition) is 1. The highest BCUT2D eigenvalue weighted by molar-refractivity contribution is 5.31. The van der Waals surface area contributed by atoms with Crippen molar-refractivity contribution in [1.29, 1.82) is 0 Å². The topological polar surface area (TPSA) is 75.6 Å². The molecule has 0 radical (unpaired) electrons. The van der Waals surface area contributed by atoms with Crippen LogP contribution in [-0.2, 0) is 38.8 Å². The fourth-order valence-electron chi connectivity index (χ4n) is 5.05. The maximum atomic E-state index is 10.8. The van der Waals surface area contributed by atoms with E-state index in [0.29, 0.717) is 25.6 Å². The van der Waals surface area contributed by atoms with Gasteiger partial charge in [-0.2, -0.15) is 0 Å². The molecule has 0 aliphatic carbocycles. The normalized spacial score (nSPS) is 22.0. The van der Waals surface area contributed by atoms with Gasteiger partial charge in [-0.05, 0) is 41.0 Å². The number of benzene rings is 4. The summed E-state index contributed by atoms with van der Waals surface area (Å²) in [6, 6.07) is 37.1. The van der Waals surface area contributed by atoms with Crippen LogP contribution in [0.2, 0.25) is 0 Å². The van der Waals surface area contributed by atoms with Crippen molar-refractivity contribution in [2.24, 2.45) is 5.92 Å². The van der Waals surface area contributed by atoms with Gasteiger partial charge in [-0.15, -0.1) is 0 Å². The van der Waals surface area contributed by atoms with Crippen LogP contribution in [0.1, 0.15) is 16.7 Å². The smallest absolute Gasteiger partial charge is 0.227 e. The van der Waals surface area contributed by atoms with Gasteiger partial charge in [0.25, 0.3) is 0 Å². The van der Waals surface area contributed by atoms with E-state index in [1.54, 1.807) is 7.11 Å². The Morgan fingerprint density at radius 2 is 1.12 bits per heavy atom. The van der Waals surface area contributed by atoms with Crippen LogP contribution in [0.25, 0.3) is 0 Å². The first-order valence-corrected chi connectivity index (χ1v) is 14.2. The lowest BCUT2D eigenvalue weighted by molar-refractivity contribution is -0.292. The minimum atomic E-state index is -0.818. The maximum Gasteiger partial charge on any atom is 0.227 e. The summed E-state index contributed by atoms with van der Waals surface area (Å²) in [6.45, 7) is 1.18. The third kappa shape index (κ3) is 8.18. The van der Waals surface area contributed by atoms with Crippen molar-refractivity contribution >= 4 is 0 Å². The highest BCUT2D eigenvalue weighted by atomic mass is 16.7. The molecule has 4 aromatic carbocycles. The molecular weight excluding hydrogens is 532 g/mol. The van der Waals surface area contributed by atoms with E-state index in [4.69, 9.17) is 28.4 Å². The van der Waals surface area contributed by atoms with Gasteiger partial charge in [0.15, 0.2) is 0 Å². The van der Waals surface area contributed by atoms with Crippen molar-refractivity contribution in [3.8, 4) is 11.5 Å². The fraction of sp³-hybridized carbons (Fsp3) is 0.314. The molecule has 0 saturated carbocycles. The number of methoxy groups -OCH3 is 1. The second-order valence-electron chi connectivity index (χ2n) is 10.2. The number of rotatable bonds is 14. The molecule has 4 aromatic rings. The molecular formula is C35H38O7. The molecule has 5 atom stereocenters. The van der Waals surface area contributed by atoms with E-state index in [9.17, 15) is 5.11 Å². The van der Waals surface area contributed by atoms with E-state index in [1.165, 1.54) is 0 Å². The van der Waals surface area contributed by atoms with E-state index in [2.05, 4.69) is 0 Å². The largest absolute Gasteiger partial charge is 0.497 e. The molecule has 1 N–H and O–H groups in total. The van der Waals surface area contributed by atoms with Crippen molar-refractivity contribution in [1.82, 2.24) is 0 Å². The van der Waals surface area contributed by atoms with E-state index in [-0.39, 0.29) is 13.2 Å². The highest BCUT2D eigenvalue weighted by Gasteiger charge is 2.48. The van der Waals surface area contributed by atoms with Crippen molar-refractivity contribution < 1.29 is 33.5 Å². The third-order valence-corrected chi connectivity index (χ3v) is 7.27. The predicted octanol–water partition coefficient (Wildman–Crippen LogP) is 5.80.